The summed E-state index contributed by atoms with van der Waals surface area (Å²) < 4.78 is 5.18. The average molecular weight is 314 g/mol. The van der Waals surface area contributed by atoms with E-state index in [0.29, 0.717) is 37.0 Å². The number of hydrogen-bond donors (Lipinski definition) is 1. The van der Waals surface area contributed by atoms with E-state index in [1.807, 2.05) is 25.1 Å². The molecule has 1 N–H and O–H groups in total. The summed E-state index contributed by atoms with van der Waals surface area (Å²) in [6.45, 7) is 1.95. The topological polar surface area (TPSA) is 63.6 Å². The first-order valence-electron chi connectivity index (χ1n) is 8.06. The van der Waals surface area contributed by atoms with E-state index in [1.54, 1.807) is 13.2 Å². The van der Waals surface area contributed by atoms with Crippen molar-refractivity contribution in [2.45, 2.75) is 45.1 Å². The van der Waals surface area contributed by atoms with E-state index in [2.05, 4.69) is 0 Å². The summed E-state index contributed by atoms with van der Waals surface area (Å²) in [4.78, 5) is 24.6. The van der Waals surface area contributed by atoms with Gasteiger partial charge in [-0.05, 0) is 48.6 Å². The van der Waals surface area contributed by atoms with Gasteiger partial charge in [-0.15, -0.1) is 0 Å². The van der Waals surface area contributed by atoms with Crippen LogP contribution in [0.1, 0.15) is 50.7 Å². The van der Waals surface area contributed by atoms with Crippen LogP contribution >= 0.6 is 0 Å². The second-order valence-corrected chi connectivity index (χ2v) is 6.63. The van der Waals surface area contributed by atoms with Crippen molar-refractivity contribution in [2.24, 2.45) is 5.41 Å². The zero-order valence-corrected chi connectivity index (χ0v) is 13.6. The number of aliphatic hydroxyl groups excluding tert-OH is 1. The van der Waals surface area contributed by atoms with E-state index >= 15 is 0 Å². The maximum absolute atomic E-state index is 12.4. The number of Topliss-reactive ketones (excluding diaryl/α,β-unsaturated/α-hetero) is 2. The Morgan fingerprint density at radius 2 is 2.04 bits per heavy atom. The van der Waals surface area contributed by atoms with E-state index < -0.39 is 11.5 Å². The number of methoxy groups -OCH3 is 1. The zero-order chi connectivity index (χ0) is 16.6. The lowest BCUT2D eigenvalue weighted by atomic mass is 9.71. The molecule has 0 bridgehead atoms. The number of ketones is 2. The minimum absolute atomic E-state index is 0.0779. The van der Waals surface area contributed by atoms with Gasteiger partial charge in [0.2, 0.25) is 0 Å². The van der Waals surface area contributed by atoms with Crippen molar-refractivity contribution in [1.82, 2.24) is 0 Å². The molecular weight excluding hydrogens is 292 g/mol. The fraction of sp³-hybridized carbons (Fsp3) is 0.474. The Morgan fingerprint density at radius 3 is 2.78 bits per heavy atom. The van der Waals surface area contributed by atoms with Crippen LogP contribution in [-0.2, 0) is 9.59 Å². The highest BCUT2D eigenvalue weighted by Crippen LogP contribution is 2.49. The lowest BCUT2D eigenvalue weighted by Crippen LogP contribution is -2.31. The molecule has 0 aliphatic heterocycles. The summed E-state index contributed by atoms with van der Waals surface area (Å²) in [6.07, 6.45) is 1.67. The highest BCUT2D eigenvalue weighted by atomic mass is 16.5. The van der Waals surface area contributed by atoms with Crippen LogP contribution in [0.2, 0.25) is 0 Å². The number of benzene rings is 1. The van der Waals surface area contributed by atoms with E-state index in [9.17, 15) is 14.7 Å². The Morgan fingerprint density at radius 1 is 1.26 bits per heavy atom. The zero-order valence-electron chi connectivity index (χ0n) is 13.6. The third kappa shape index (κ3) is 2.72. The molecule has 0 saturated heterocycles. The van der Waals surface area contributed by atoms with Crippen molar-refractivity contribution >= 4 is 11.6 Å². The van der Waals surface area contributed by atoms with Gasteiger partial charge >= 0.3 is 0 Å². The Bertz CT molecular complexity index is 688. The van der Waals surface area contributed by atoms with Crippen LogP contribution in [-0.4, -0.2) is 23.8 Å². The molecule has 1 fully saturated rings. The summed E-state index contributed by atoms with van der Waals surface area (Å²) in [5.74, 6) is 0.984. The van der Waals surface area contributed by atoms with Gasteiger partial charge in [0.05, 0.1) is 13.2 Å². The molecule has 0 radical (unpaired) electrons. The van der Waals surface area contributed by atoms with Gasteiger partial charge in [-0.25, -0.2) is 0 Å². The molecule has 0 unspecified atom stereocenters. The Kier molecular flexibility index (Phi) is 4.11. The van der Waals surface area contributed by atoms with Gasteiger partial charge in [-0.3, -0.25) is 9.59 Å². The Hall–Kier alpha value is -1.94. The minimum Gasteiger partial charge on any atom is -0.497 e. The van der Waals surface area contributed by atoms with Gasteiger partial charge in [-0.1, -0.05) is 12.1 Å². The van der Waals surface area contributed by atoms with Gasteiger partial charge < -0.3 is 9.84 Å². The molecule has 0 spiro atoms. The van der Waals surface area contributed by atoms with E-state index in [0.717, 1.165) is 11.1 Å². The second kappa shape index (κ2) is 5.93. The van der Waals surface area contributed by atoms with E-state index in [4.69, 9.17) is 4.74 Å². The van der Waals surface area contributed by atoms with Crippen LogP contribution in [0, 0.1) is 5.41 Å². The van der Waals surface area contributed by atoms with Crippen LogP contribution in [0.3, 0.4) is 0 Å². The fourth-order valence-electron chi connectivity index (χ4n) is 3.81. The van der Waals surface area contributed by atoms with Crippen LogP contribution in [0.25, 0.3) is 0 Å². The molecule has 0 heterocycles. The number of carbonyl (C=O) groups is 2. The lowest BCUT2D eigenvalue weighted by Gasteiger charge is -2.31. The smallest absolute Gasteiger partial charge is 0.159 e. The predicted molar refractivity (Wildman–Crippen MR) is 86.2 cm³/mol. The Labute approximate surface area is 136 Å². The minimum atomic E-state index is -0.769. The van der Waals surface area contributed by atoms with Crippen molar-refractivity contribution in [2.75, 3.05) is 7.11 Å². The van der Waals surface area contributed by atoms with Crippen molar-refractivity contribution in [3.8, 4) is 5.75 Å². The van der Waals surface area contributed by atoms with Crippen LogP contribution in [0.15, 0.2) is 35.4 Å². The number of hydrogen-bond acceptors (Lipinski definition) is 4. The number of ether oxygens (including phenoxy) is 1. The van der Waals surface area contributed by atoms with Crippen molar-refractivity contribution < 1.29 is 19.4 Å². The highest BCUT2D eigenvalue weighted by Gasteiger charge is 2.46. The maximum atomic E-state index is 12.4. The molecule has 4 nitrogen and oxygen atoms in total. The average Bonchev–Trinajstić information content (AvgIpc) is 2.86. The van der Waals surface area contributed by atoms with Crippen LogP contribution in [0.4, 0.5) is 0 Å². The first-order valence-corrected chi connectivity index (χ1v) is 8.06. The molecule has 2 aliphatic carbocycles. The largest absolute Gasteiger partial charge is 0.497 e. The van der Waals surface area contributed by atoms with Gasteiger partial charge in [0.25, 0.3) is 0 Å². The van der Waals surface area contributed by atoms with Gasteiger partial charge in [0.15, 0.2) is 5.78 Å². The summed E-state index contributed by atoms with van der Waals surface area (Å²) in [5.41, 5.74) is 1.86. The molecular formula is C19H22O4. The summed E-state index contributed by atoms with van der Waals surface area (Å²) >= 11 is 0. The van der Waals surface area contributed by atoms with Crippen molar-refractivity contribution in [3.63, 3.8) is 0 Å². The first-order chi connectivity index (χ1) is 11.0. The Balaban J connectivity index is 1.91. The summed E-state index contributed by atoms with van der Waals surface area (Å²) in [6, 6.07) is 7.24. The third-order valence-corrected chi connectivity index (χ3v) is 5.31. The summed E-state index contributed by atoms with van der Waals surface area (Å²) in [5, 5.41) is 10.6. The molecule has 1 aromatic carbocycles. The SMILES string of the molecule is COc1cccc([C@H](O)CC2=C3CCC(=O)[C@]3(C)CCC2=O)c1. The lowest BCUT2D eigenvalue weighted by molar-refractivity contribution is -0.125. The van der Waals surface area contributed by atoms with Gasteiger partial charge in [-0.2, -0.15) is 0 Å². The molecule has 122 valence electrons. The number of aliphatic hydroxyl groups is 1. The molecule has 1 saturated carbocycles. The molecule has 4 heteroatoms. The van der Waals surface area contributed by atoms with Crippen molar-refractivity contribution in [1.29, 1.82) is 0 Å². The molecule has 23 heavy (non-hydrogen) atoms. The molecule has 0 amide bonds. The first kappa shape index (κ1) is 15.9. The summed E-state index contributed by atoms with van der Waals surface area (Å²) in [7, 11) is 1.58. The molecule has 1 aromatic rings. The standard InChI is InChI=1S/C19H22O4/c1-19-9-8-16(20)14(15(19)6-7-18(19)22)11-17(21)12-4-3-5-13(10-12)23-2/h3-5,10,17,21H,6-9,11H2,1-2H3/t17-,19-/m1/s1. The number of carbonyl (C=O) groups excluding carboxylic acids is 2. The molecule has 2 atom stereocenters. The third-order valence-electron chi connectivity index (χ3n) is 5.31. The molecule has 3 rings (SSSR count). The maximum Gasteiger partial charge on any atom is 0.159 e. The number of allylic oxidation sites excluding steroid dienone is 1. The van der Waals surface area contributed by atoms with Gasteiger partial charge in [0.1, 0.15) is 11.5 Å². The number of rotatable bonds is 4. The van der Waals surface area contributed by atoms with Gasteiger partial charge in [0, 0.05) is 24.7 Å². The van der Waals surface area contributed by atoms with E-state index in [-0.39, 0.29) is 18.0 Å². The van der Waals surface area contributed by atoms with E-state index in [1.165, 1.54) is 0 Å². The molecule has 2 aliphatic rings. The van der Waals surface area contributed by atoms with Crippen molar-refractivity contribution in [3.05, 3.63) is 41.0 Å². The van der Waals surface area contributed by atoms with Crippen LogP contribution in [0.5, 0.6) is 5.75 Å². The predicted octanol–water partition coefficient (Wildman–Crippen LogP) is 3.15. The quantitative estimate of drug-likeness (QED) is 0.927. The second-order valence-electron chi connectivity index (χ2n) is 6.63. The fourth-order valence-corrected chi connectivity index (χ4v) is 3.81. The normalized spacial score (nSPS) is 25.5. The number of fused-ring (bicyclic) bond motifs is 1. The molecule has 0 aromatic heterocycles. The monoisotopic (exact) mass is 314 g/mol. The highest BCUT2D eigenvalue weighted by molar-refractivity contribution is 6.02. The van der Waals surface area contributed by atoms with Crippen LogP contribution < -0.4 is 4.74 Å².